The Labute approximate surface area is 138 Å². The molecule has 2 rings (SSSR count). The molecule has 0 radical (unpaired) electrons. The van der Waals surface area contributed by atoms with Crippen LogP contribution >= 0.6 is 0 Å². The number of ether oxygens (including phenoxy) is 1. The highest BCUT2D eigenvalue weighted by Crippen LogP contribution is 2.22. The third kappa shape index (κ3) is 5.37. The second-order valence-electron chi connectivity index (χ2n) is 6.30. The van der Waals surface area contributed by atoms with Gasteiger partial charge in [0.15, 0.2) is 0 Å². The predicted molar refractivity (Wildman–Crippen MR) is 90.0 cm³/mol. The molecule has 0 aliphatic rings. The van der Waals surface area contributed by atoms with Crippen molar-refractivity contribution in [3.63, 3.8) is 0 Å². The summed E-state index contributed by atoms with van der Waals surface area (Å²) in [4.78, 5) is 0.169. The van der Waals surface area contributed by atoms with Crippen LogP contribution in [0, 0.1) is 12.3 Å². The molecular formula is C18H22O4S. The van der Waals surface area contributed by atoms with Gasteiger partial charge in [-0.25, -0.2) is 0 Å². The minimum atomic E-state index is -3.75. The summed E-state index contributed by atoms with van der Waals surface area (Å²) in [5.74, 6) is 0.752. The number of rotatable bonds is 7. The van der Waals surface area contributed by atoms with Crippen molar-refractivity contribution in [1.29, 1.82) is 0 Å². The second kappa shape index (κ2) is 7.15. The Morgan fingerprint density at radius 3 is 2.13 bits per heavy atom. The highest BCUT2D eigenvalue weighted by Gasteiger charge is 2.24. The van der Waals surface area contributed by atoms with Crippen molar-refractivity contribution >= 4 is 10.1 Å². The molecule has 0 unspecified atom stereocenters. The van der Waals surface area contributed by atoms with Crippen molar-refractivity contribution < 1.29 is 17.3 Å². The number of benzene rings is 2. The number of hydrogen-bond donors (Lipinski definition) is 0. The molecule has 0 saturated carbocycles. The van der Waals surface area contributed by atoms with Gasteiger partial charge in [-0.15, -0.1) is 0 Å². The van der Waals surface area contributed by atoms with E-state index in [-0.39, 0.29) is 11.5 Å². The Kier molecular flexibility index (Phi) is 5.44. The number of aryl methyl sites for hydroxylation is 1. The van der Waals surface area contributed by atoms with Gasteiger partial charge in [0.1, 0.15) is 5.75 Å². The summed E-state index contributed by atoms with van der Waals surface area (Å²) in [6.07, 6.45) is 0. The number of para-hydroxylation sites is 1. The van der Waals surface area contributed by atoms with Gasteiger partial charge in [0.25, 0.3) is 10.1 Å². The molecule has 4 nitrogen and oxygen atoms in total. The van der Waals surface area contributed by atoms with Gasteiger partial charge in [-0.3, -0.25) is 4.18 Å². The molecule has 2 aromatic rings. The lowest BCUT2D eigenvalue weighted by Gasteiger charge is -2.24. The molecule has 0 bridgehead atoms. The maximum atomic E-state index is 12.2. The molecular weight excluding hydrogens is 312 g/mol. The Bertz CT molecular complexity index is 719. The van der Waals surface area contributed by atoms with E-state index in [2.05, 4.69) is 0 Å². The molecule has 23 heavy (non-hydrogen) atoms. The Morgan fingerprint density at radius 2 is 1.52 bits per heavy atom. The van der Waals surface area contributed by atoms with Crippen LogP contribution in [0.3, 0.4) is 0 Å². The highest BCUT2D eigenvalue weighted by molar-refractivity contribution is 7.86. The maximum absolute atomic E-state index is 12.2. The zero-order chi connectivity index (χ0) is 16.9. The van der Waals surface area contributed by atoms with Crippen molar-refractivity contribution in [3.8, 4) is 5.75 Å². The molecule has 2 aromatic carbocycles. The van der Waals surface area contributed by atoms with E-state index in [1.54, 1.807) is 24.3 Å². The van der Waals surface area contributed by atoms with Crippen molar-refractivity contribution in [1.82, 2.24) is 0 Å². The zero-order valence-electron chi connectivity index (χ0n) is 13.7. The van der Waals surface area contributed by atoms with Gasteiger partial charge in [-0.05, 0) is 31.2 Å². The van der Waals surface area contributed by atoms with Crippen LogP contribution in [0.4, 0.5) is 0 Å². The summed E-state index contributed by atoms with van der Waals surface area (Å²) >= 11 is 0. The molecule has 5 heteroatoms. The van der Waals surface area contributed by atoms with E-state index in [9.17, 15) is 8.42 Å². The van der Waals surface area contributed by atoms with E-state index in [1.807, 2.05) is 51.1 Å². The van der Waals surface area contributed by atoms with E-state index < -0.39 is 15.5 Å². The summed E-state index contributed by atoms with van der Waals surface area (Å²) in [6, 6.07) is 16.0. The van der Waals surface area contributed by atoms with Gasteiger partial charge in [0, 0.05) is 5.41 Å². The fourth-order valence-electron chi connectivity index (χ4n) is 1.85. The first kappa shape index (κ1) is 17.5. The van der Waals surface area contributed by atoms with E-state index in [0.717, 1.165) is 11.3 Å². The molecule has 0 saturated heterocycles. The summed E-state index contributed by atoms with van der Waals surface area (Å²) in [5, 5.41) is 0. The van der Waals surface area contributed by atoms with Gasteiger partial charge >= 0.3 is 0 Å². The van der Waals surface area contributed by atoms with Crippen LogP contribution in [0.1, 0.15) is 19.4 Å². The largest absolute Gasteiger partial charge is 0.493 e. The van der Waals surface area contributed by atoms with Crippen LogP contribution in [0.25, 0.3) is 0 Å². The Balaban J connectivity index is 1.93. The molecule has 0 aliphatic carbocycles. The van der Waals surface area contributed by atoms with Crippen LogP contribution in [0.5, 0.6) is 5.75 Å². The van der Waals surface area contributed by atoms with Crippen LogP contribution in [0.15, 0.2) is 59.5 Å². The smallest absolute Gasteiger partial charge is 0.296 e. The second-order valence-corrected chi connectivity index (χ2v) is 7.91. The Morgan fingerprint density at radius 1 is 0.913 bits per heavy atom. The average Bonchev–Trinajstić information content (AvgIpc) is 2.53. The molecule has 0 fully saturated rings. The third-order valence-electron chi connectivity index (χ3n) is 3.29. The molecule has 0 aliphatic heterocycles. The lowest BCUT2D eigenvalue weighted by molar-refractivity contribution is 0.114. The van der Waals surface area contributed by atoms with Crippen molar-refractivity contribution in [2.45, 2.75) is 25.7 Å². The van der Waals surface area contributed by atoms with Gasteiger partial charge in [0.2, 0.25) is 0 Å². The van der Waals surface area contributed by atoms with Crippen molar-refractivity contribution in [3.05, 3.63) is 60.2 Å². The normalized spacial score (nSPS) is 12.1. The fraction of sp³-hybridized carbons (Fsp3) is 0.333. The summed E-state index contributed by atoms with van der Waals surface area (Å²) < 4.78 is 35.3. The minimum absolute atomic E-state index is 0.0516. The zero-order valence-corrected chi connectivity index (χ0v) is 14.5. The third-order valence-corrected chi connectivity index (χ3v) is 4.56. The molecule has 0 amide bonds. The maximum Gasteiger partial charge on any atom is 0.296 e. The lowest BCUT2D eigenvalue weighted by Crippen LogP contribution is -2.28. The molecule has 0 N–H and O–H groups in total. The van der Waals surface area contributed by atoms with Crippen LogP contribution in [-0.2, 0) is 14.3 Å². The van der Waals surface area contributed by atoms with Crippen molar-refractivity contribution in [2.75, 3.05) is 13.2 Å². The fourth-order valence-corrected chi connectivity index (χ4v) is 2.93. The quantitative estimate of drug-likeness (QED) is 0.723. The van der Waals surface area contributed by atoms with Gasteiger partial charge < -0.3 is 4.74 Å². The van der Waals surface area contributed by atoms with Crippen LogP contribution in [-0.4, -0.2) is 21.6 Å². The van der Waals surface area contributed by atoms with Crippen molar-refractivity contribution in [2.24, 2.45) is 5.41 Å². The van der Waals surface area contributed by atoms with Gasteiger partial charge in [-0.1, -0.05) is 49.7 Å². The van der Waals surface area contributed by atoms with E-state index >= 15 is 0 Å². The molecule has 124 valence electrons. The molecule has 0 heterocycles. The SMILES string of the molecule is Cc1ccc(S(=O)(=O)OCC(C)(C)COc2ccccc2)cc1. The first-order chi connectivity index (χ1) is 10.8. The summed E-state index contributed by atoms with van der Waals surface area (Å²) in [6.45, 7) is 6.12. The first-order valence-electron chi connectivity index (χ1n) is 7.42. The average molecular weight is 334 g/mol. The van der Waals surface area contributed by atoms with Gasteiger partial charge in [-0.2, -0.15) is 8.42 Å². The monoisotopic (exact) mass is 334 g/mol. The van der Waals surface area contributed by atoms with E-state index in [1.165, 1.54) is 0 Å². The topological polar surface area (TPSA) is 52.6 Å². The predicted octanol–water partition coefficient (Wildman–Crippen LogP) is 3.81. The summed E-state index contributed by atoms with van der Waals surface area (Å²) in [7, 11) is -3.75. The van der Waals surface area contributed by atoms with Crippen LogP contribution < -0.4 is 4.74 Å². The lowest BCUT2D eigenvalue weighted by atomic mass is 9.96. The van der Waals surface area contributed by atoms with E-state index in [0.29, 0.717) is 6.61 Å². The van der Waals surface area contributed by atoms with Crippen LogP contribution in [0.2, 0.25) is 0 Å². The van der Waals surface area contributed by atoms with E-state index in [4.69, 9.17) is 8.92 Å². The standard InChI is InChI=1S/C18H22O4S/c1-15-9-11-17(12-10-15)23(19,20)22-14-18(2,3)13-21-16-7-5-4-6-8-16/h4-12H,13-14H2,1-3H3. The number of hydrogen-bond acceptors (Lipinski definition) is 4. The molecule has 0 spiro atoms. The Hall–Kier alpha value is -1.85. The molecule has 0 aromatic heterocycles. The highest BCUT2D eigenvalue weighted by atomic mass is 32.2. The minimum Gasteiger partial charge on any atom is -0.493 e. The van der Waals surface area contributed by atoms with Gasteiger partial charge in [0.05, 0.1) is 18.1 Å². The first-order valence-corrected chi connectivity index (χ1v) is 8.83. The molecule has 0 atom stereocenters. The summed E-state index contributed by atoms with van der Waals surface area (Å²) in [5.41, 5.74) is 0.564.